The number of carbonyl (C=O) groups is 2. The lowest BCUT2D eigenvalue weighted by Gasteiger charge is -2.29. The van der Waals surface area contributed by atoms with Crippen LogP contribution in [0.5, 0.6) is 5.75 Å². The first kappa shape index (κ1) is 24.4. The van der Waals surface area contributed by atoms with Crippen LogP contribution < -0.4 is 4.74 Å². The summed E-state index contributed by atoms with van der Waals surface area (Å²) in [5.41, 5.74) is 0.996. The second kappa shape index (κ2) is 12.1. The quantitative estimate of drug-likeness (QED) is 0.241. The fourth-order valence-electron chi connectivity index (χ4n) is 2.76. The summed E-state index contributed by atoms with van der Waals surface area (Å²) < 4.78 is 11.1. The third-order valence-electron chi connectivity index (χ3n) is 4.24. The maximum atomic E-state index is 12.9. The molecule has 0 unspecified atom stereocenters. The molecule has 168 valence electrons. The van der Waals surface area contributed by atoms with Gasteiger partial charge in [0.05, 0.1) is 6.61 Å². The molecule has 0 saturated carbocycles. The number of hydrogen-bond donors (Lipinski definition) is 1. The number of esters is 1. The van der Waals surface area contributed by atoms with Crippen LogP contribution in [0.1, 0.15) is 38.3 Å². The fraction of sp³-hybridized carbons (Fsp3) is 0.417. The number of hydroxylamine groups is 2. The van der Waals surface area contributed by atoms with E-state index < -0.39 is 17.6 Å². The Labute approximate surface area is 183 Å². The van der Waals surface area contributed by atoms with Crippen molar-refractivity contribution in [2.45, 2.75) is 51.9 Å². The summed E-state index contributed by atoms with van der Waals surface area (Å²) in [6.07, 6.45) is 1.28. The van der Waals surface area contributed by atoms with Gasteiger partial charge >= 0.3 is 5.97 Å². The molecule has 1 amide bonds. The molecular formula is C24H31NO6. The molecule has 0 spiro atoms. The second-order valence-corrected chi connectivity index (χ2v) is 8.05. The molecule has 0 heterocycles. The normalized spacial score (nSPS) is 12.1. The van der Waals surface area contributed by atoms with Crippen LogP contribution in [-0.2, 0) is 32.2 Å². The van der Waals surface area contributed by atoms with Crippen LogP contribution in [0, 0.1) is 0 Å². The van der Waals surface area contributed by atoms with E-state index in [-0.39, 0.29) is 19.6 Å². The molecule has 0 aliphatic rings. The van der Waals surface area contributed by atoms with Crippen molar-refractivity contribution < 1.29 is 29.0 Å². The van der Waals surface area contributed by atoms with Gasteiger partial charge in [0, 0.05) is 19.4 Å². The van der Waals surface area contributed by atoms with Crippen LogP contribution in [0.3, 0.4) is 0 Å². The summed E-state index contributed by atoms with van der Waals surface area (Å²) in [7, 11) is 0. The third kappa shape index (κ3) is 8.78. The van der Waals surface area contributed by atoms with Crippen LogP contribution in [0.25, 0.3) is 0 Å². The van der Waals surface area contributed by atoms with Crippen molar-refractivity contribution in [2.75, 3.05) is 13.2 Å². The fourth-order valence-corrected chi connectivity index (χ4v) is 2.76. The predicted molar refractivity (Wildman–Crippen MR) is 116 cm³/mol. The van der Waals surface area contributed by atoms with Gasteiger partial charge in [-0.05, 0) is 44.0 Å². The minimum atomic E-state index is -0.943. The number of aliphatic hydroxyl groups is 1. The monoisotopic (exact) mass is 429 g/mol. The van der Waals surface area contributed by atoms with Crippen molar-refractivity contribution in [2.24, 2.45) is 0 Å². The van der Waals surface area contributed by atoms with Crippen LogP contribution in [-0.4, -0.2) is 47.4 Å². The van der Waals surface area contributed by atoms with Crippen LogP contribution in [0.4, 0.5) is 0 Å². The van der Waals surface area contributed by atoms with Crippen molar-refractivity contribution in [3.8, 4) is 5.75 Å². The Hall–Kier alpha value is -2.90. The van der Waals surface area contributed by atoms with Crippen LogP contribution in [0.2, 0.25) is 0 Å². The van der Waals surface area contributed by atoms with Crippen LogP contribution in [0.15, 0.2) is 54.6 Å². The molecule has 7 heteroatoms. The summed E-state index contributed by atoms with van der Waals surface area (Å²) in [5, 5.41) is 9.86. The van der Waals surface area contributed by atoms with Crippen molar-refractivity contribution in [1.82, 2.24) is 5.06 Å². The molecule has 31 heavy (non-hydrogen) atoms. The van der Waals surface area contributed by atoms with E-state index in [1.807, 2.05) is 42.5 Å². The predicted octanol–water partition coefficient (Wildman–Crippen LogP) is 3.29. The molecule has 0 radical (unpaired) electrons. The van der Waals surface area contributed by atoms with Gasteiger partial charge < -0.3 is 14.6 Å². The van der Waals surface area contributed by atoms with Gasteiger partial charge in [0.1, 0.15) is 18.0 Å². The molecule has 0 aliphatic carbocycles. The zero-order valence-electron chi connectivity index (χ0n) is 18.3. The summed E-state index contributed by atoms with van der Waals surface area (Å²) in [5.74, 6) is 0.120. The highest BCUT2D eigenvalue weighted by molar-refractivity contribution is 5.78. The zero-order chi connectivity index (χ0) is 22.7. The van der Waals surface area contributed by atoms with Crippen molar-refractivity contribution in [3.05, 3.63) is 65.7 Å². The van der Waals surface area contributed by atoms with Crippen molar-refractivity contribution in [3.63, 3.8) is 0 Å². The second-order valence-electron chi connectivity index (χ2n) is 8.05. The average molecular weight is 430 g/mol. The number of amides is 1. The smallest absolute Gasteiger partial charge is 0.332 e. The summed E-state index contributed by atoms with van der Waals surface area (Å²) in [6, 6.07) is 15.7. The molecule has 0 bridgehead atoms. The highest BCUT2D eigenvalue weighted by Gasteiger charge is 2.31. The van der Waals surface area contributed by atoms with Gasteiger partial charge in [-0.2, -0.15) is 0 Å². The SMILES string of the molecule is CC(C)(C)OC(=O)[C@H](Cc1ccc(OCCCO)cc1)N(C=O)OCc1ccccc1. The zero-order valence-corrected chi connectivity index (χ0v) is 18.3. The number of nitrogens with zero attached hydrogens (tertiary/aromatic N) is 1. The topological polar surface area (TPSA) is 85.3 Å². The van der Waals surface area contributed by atoms with Gasteiger partial charge in [-0.1, -0.05) is 42.5 Å². The Morgan fingerprint density at radius 2 is 1.74 bits per heavy atom. The lowest BCUT2D eigenvalue weighted by atomic mass is 10.1. The molecular weight excluding hydrogens is 398 g/mol. The first-order valence-electron chi connectivity index (χ1n) is 10.3. The van der Waals surface area contributed by atoms with E-state index in [1.54, 1.807) is 32.9 Å². The lowest BCUT2D eigenvalue weighted by molar-refractivity contribution is -0.207. The molecule has 0 aliphatic heterocycles. The van der Waals surface area contributed by atoms with E-state index in [2.05, 4.69) is 0 Å². The van der Waals surface area contributed by atoms with E-state index in [4.69, 9.17) is 19.4 Å². The van der Waals surface area contributed by atoms with Gasteiger partial charge in [-0.3, -0.25) is 9.63 Å². The Morgan fingerprint density at radius 1 is 1.06 bits per heavy atom. The van der Waals surface area contributed by atoms with Gasteiger partial charge in [0.2, 0.25) is 6.41 Å². The Bertz CT molecular complexity index is 801. The molecule has 7 nitrogen and oxygen atoms in total. The molecule has 2 aromatic carbocycles. The highest BCUT2D eigenvalue weighted by Crippen LogP contribution is 2.19. The first-order chi connectivity index (χ1) is 14.8. The largest absolute Gasteiger partial charge is 0.494 e. The first-order valence-corrected chi connectivity index (χ1v) is 10.3. The Morgan fingerprint density at radius 3 is 2.32 bits per heavy atom. The third-order valence-corrected chi connectivity index (χ3v) is 4.24. The van der Waals surface area contributed by atoms with Crippen molar-refractivity contribution >= 4 is 12.4 Å². The lowest BCUT2D eigenvalue weighted by Crippen LogP contribution is -2.45. The Kier molecular flexibility index (Phi) is 9.49. The molecule has 0 fully saturated rings. The van der Waals surface area contributed by atoms with E-state index in [9.17, 15) is 9.59 Å². The summed E-state index contributed by atoms with van der Waals surface area (Å²) >= 11 is 0. The average Bonchev–Trinajstić information content (AvgIpc) is 2.74. The number of ether oxygens (including phenoxy) is 2. The van der Waals surface area contributed by atoms with Gasteiger partial charge in [0.15, 0.2) is 6.04 Å². The molecule has 2 aromatic rings. The minimum absolute atomic E-state index is 0.0696. The van der Waals surface area contributed by atoms with Gasteiger partial charge in [-0.15, -0.1) is 0 Å². The summed E-state index contributed by atoms with van der Waals surface area (Å²) in [4.78, 5) is 30.3. The number of rotatable bonds is 12. The van der Waals surface area contributed by atoms with E-state index >= 15 is 0 Å². The molecule has 0 aromatic heterocycles. The van der Waals surface area contributed by atoms with Gasteiger partial charge in [0.25, 0.3) is 0 Å². The number of aliphatic hydroxyl groups excluding tert-OH is 1. The maximum Gasteiger partial charge on any atom is 0.332 e. The maximum absolute atomic E-state index is 12.9. The molecule has 1 atom stereocenters. The molecule has 2 rings (SSSR count). The highest BCUT2D eigenvalue weighted by atomic mass is 16.7. The Balaban J connectivity index is 2.12. The van der Waals surface area contributed by atoms with Gasteiger partial charge in [-0.25, -0.2) is 9.86 Å². The molecule has 0 saturated heterocycles. The van der Waals surface area contributed by atoms with Crippen LogP contribution >= 0.6 is 0 Å². The standard InChI is InChI=1S/C24H31NO6/c1-24(2,3)31-23(28)22(25(18-27)30-17-20-8-5-4-6-9-20)16-19-10-12-21(13-11-19)29-15-7-14-26/h4-6,8-13,18,22,26H,7,14-17H2,1-3H3/t22-/m0/s1. The van der Waals surface area contributed by atoms with E-state index in [1.165, 1.54) is 0 Å². The number of hydrogen-bond acceptors (Lipinski definition) is 6. The number of benzene rings is 2. The minimum Gasteiger partial charge on any atom is -0.494 e. The van der Waals surface area contributed by atoms with Crippen molar-refractivity contribution in [1.29, 1.82) is 0 Å². The number of carbonyl (C=O) groups excluding carboxylic acids is 2. The van der Waals surface area contributed by atoms with E-state index in [0.29, 0.717) is 25.2 Å². The summed E-state index contributed by atoms with van der Waals surface area (Å²) in [6.45, 7) is 5.96. The molecule has 1 N–H and O–H groups in total. The van der Waals surface area contributed by atoms with E-state index in [0.717, 1.165) is 16.2 Å².